The highest BCUT2D eigenvalue weighted by Crippen LogP contribution is 2.65. The van der Waals surface area contributed by atoms with Crippen molar-refractivity contribution in [3.8, 4) is 0 Å². The summed E-state index contributed by atoms with van der Waals surface area (Å²) < 4.78 is 7.06. The average Bonchev–Trinajstić information content (AvgIpc) is 3.14. The van der Waals surface area contributed by atoms with Crippen LogP contribution in [0.2, 0.25) is 0 Å². The lowest BCUT2D eigenvalue weighted by Gasteiger charge is -2.55. The van der Waals surface area contributed by atoms with E-state index in [1.54, 1.807) is 0 Å². The van der Waals surface area contributed by atoms with Crippen molar-refractivity contribution in [3.63, 3.8) is 0 Å². The Morgan fingerprint density at radius 1 is 1.26 bits per heavy atom. The van der Waals surface area contributed by atoms with Crippen molar-refractivity contribution in [2.75, 3.05) is 21.1 Å². The Kier molecular flexibility index (Phi) is 3.70. The van der Waals surface area contributed by atoms with E-state index < -0.39 is 17.8 Å². The topological polar surface area (TPSA) is 65.3 Å². The van der Waals surface area contributed by atoms with Gasteiger partial charge in [0.1, 0.15) is 6.10 Å². The maximum Gasteiger partial charge on any atom is 0.105 e. The number of aliphatic hydroxyl groups excluding tert-OH is 2. The van der Waals surface area contributed by atoms with Crippen molar-refractivity contribution in [2.45, 2.75) is 74.9 Å². The summed E-state index contributed by atoms with van der Waals surface area (Å²) in [5.41, 5.74) is 2.88. The second kappa shape index (κ2) is 5.53. The van der Waals surface area contributed by atoms with Gasteiger partial charge in [-0.25, -0.2) is 0 Å². The summed E-state index contributed by atoms with van der Waals surface area (Å²) in [5, 5.41) is 21.6. The molecule has 0 radical (unpaired) electrons. The third kappa shape index (κ3) is 2.06. The molecule has 5 heteroatoms. The first-order valence-corrected chi connectivity index (χ1v) is 10.4. The van der Waals surface area contributed by atoms with Gasteiger partial charge in [0.05, 0.1) is 17.3 Å². The van der Waals surface area contributed by atoms with Gasteiger partial charge in [0.2, 0.25) is 0 Å². The third-order valence-electron chi connectivity index (χ3n) is 8.52. The van der Waals surface area contributed by atoms with E-state index in [0.29, 0.717) is 5.92 Å². The molecule has 5 nitrogen and oxygen atoms in total. The van der Waals surface area contributed by atoms with Crippen LogP contribution >= 0.6 is 0 Å². The molecule has 2 saturated carbocycles. The van der Waals surface area contributed by atoms with E-state index in [1.165, 1.54) is 11.3 Å². The largest absolute Gasteiger partial charge is 0.388 e. The highest BCUT2D eigenvalue weighted by molar-refractivity contribution is 5.93. The van der Waals surface area contributed by atoms with Gasteiger partial charge in [-0.1, -0.05) is 19.1 Å². The monoisotopic (exact) mass is 372 g/mol. The highest BCUT2D eigenvalue weighted by atomic mass is 16.5. The molecule has 148 valence electrons. The molecule has 5 aliphatic rings. The highest BCUT2D eigenvalue weighted by Gasteiger charge is 2.67. The van der Waals surface area contributed by atoms with Crippen LogP contribution < -0.4 is 0 Å². The van der Waals surface area contributed by atoms with Gasteiger partial charge in [0.15, 0.2) is 0 Å². The smallest absolute Gasteiger partial charge is 0.105 e. The molecule has 0 unspecified atom stereocenters. The Hall–Kier alpha value is -1.01. The van der Waals surface area contributed by atoms with Crippen LogP contribution in [0.1, 0.15) is 45.4 Å². The Balaban J connectivity index is 1.63. The lowest BCUT2D eigenvalue weighted by molar-refractivity contribution is -0.161. The fourth-order valence-electron chi connectivity index (χ4n) is 7.09. The van der Waals surface area contributed by atoms with E-state index in [2.05, 4.69) is 24.1 Å². The second-order valence-electron chi connectivity index (χ2n) is 9.80. The number of hydrogen-bond acceptors (Lipinski definition) is 5. The molecule has 3 aliphatic carbocycles. The fraction of sp³-hybridized carbons (Fsp3) is 0.773. The Morgan fingerprint density at radius 3 is 2.74 bits per heavy atom. The number of likely N-dealkylation sites (N-methyl/N-ethyl adjacent to an activating group) is 1. The summed E-state index contributed by atoms with van der Waals surface area (Å²) in [6, 6.07) is -0.0934. The molecule has 3 fully saturated rings. The number of ether oxygens (including phenoxy) is 1. The van der Waals surface area contributed by atoms with Crippen molar-refractivity contribution < 1.29 is 14.9 Å². The molecule has 2 bridgehead atoms. The zero-order valence-corrected chi connectivity index (χ0v) is 16.9. The van der Waals surface area contributed by atoms with Gasteiger partial charge in [-0.05, 0) is 63.8 Å². The van der Waals surface area contributed by atoms with Gasteiger partial charge in [0, 0.05) is 30.1 Å². The molecule has 1 saturated heterocycles. The molecule has 2 spiro atoms. The van der Waals surface area contributed by atoms with Crippen LogP contribution in [0.4, 0.5) is 0 Å². The molecular formula is C22H32N2O3. The summed E-state index contributed by atoms with van der Waals surface area (Å²) >= 11 is 0. The van der Waals surface area contributed by atoms with E-state index in [0.717, 1.165) is 44.1 Å². The third-order valence-corrected chi connectivity index (χ3v) is 8.52. The molecule has 2 aliphatic heterocycles. The predicted octanol–water partition coefficient (Wildman–Crippen LogP) is 2.09. The summed E-state index contributed by atoms with van der Waals surface area (Å²) in [7, 11) is 5.88. The lowest BCUT2D eigenvalue weighted by Crippen LogP contribution is -2.62. The van der Waals surface area contributed by atoms with E-state index in [1.807, 2.05) is 26.0 Å². The zero-order chi connectivity index (χ0) is 19.2. The summed E-state index contributed by atoms with van der Waals surface area (Å²) in [5.74, 6) is 0.447. The van der Waals surface area contributed by atoms with Crippen LogP contribution in [0, 0.1) is 11.3 Å². The zero-order valence-electron chi connectivity index (χ0n) is 16.9. The minimum absolute atomic E-state index is 0.0862. The summed E-state index contributed by atoms with van der Waals surface area (Å²) in [6.45, 7) is 2.37. The summed E-state index contributed by atoms with van der Waals surface area (Å²) in [4.78, 5) is 6.66. The Labute approximate surface area is 161 Å². The predicted molar refractivity (Wildman–Crippen MR) is 105 cm³/mol. The molecule has 27 heavy (non-hydrogen) atoms. The van der Waals surface area contributed by atoms with Crippen LogP contribution in [0.5, 0.6) is 0 Å². The van der Waals surface area contributed by atoms with Crippen LogP contribution in [-0.2, 0) is 4.74 Å². The van der Waals surface area contributed by atoms with Crippen molar-refractivity contribution >= 4 is 5.71 Å². The molecule has 0 aromatic rings. The van der Waals surface area contributed by atoms with Gasteiger partial charge in [-0.15, -0.1) is 0 Å². The molecular weight excluding hydrogens is 340 g/mol. The van der Waals surface area contributed by atoms with Gasteiger partial charge in [0.25, 0.3) is 0 Å². The van der Waals surface area contributed by atoms with Crippen molar-refractivity contribution in [2.24, 2.45) is 16.3 Å². The van der Waals surface area contributed by atoms with E-state index in [4.69, 9.17) is 4.74 Å². The minimum Gasteiger partial charge on any atom is -0.388 e. The maximum atomic E-state index is 10.9. The van der Waals surface area contributed by atoms with Gasteiger partial charge < -0.3 is 19.8 Å². The van der Waals surface area contributed by atoms with E-state index in [9.17, 15) is 10.2 Å². The Bertz CT molecular complexity index is 772. The Morgan fingerprint density at radius 2 is 2.04 bits per heavy atom. The molecule has 0 aromatic heterocycles. The first-order valence-electron chi connectivity index (χ1n) is 10.4. The van der Waals surface area contributed by atoms with Crippen molar-refractivity contribution in [3.05, 3.63) is 23.3 Å². The van der Waals surface area contributed by atoms with Gasteiger partial charge in [-0.2, -0.15) is 0 Å². The molecule has 2 N–H and O–H groups in total. The van der Waals surface area contributed by atoms with Gasteiger partial charge in [-0.3, -0.25) is 4.99 Å². The number of fused-ring (bicyclic) bond motifs is 1. The van der Waals surface area contributed by atoms with E-state index >= 15 is 0 Å². The van der Waals surface area contributed by atoms with Crippen LogP contribution in [0.3, 0.4) is 0 Å². The lowest BCUT2D eigenvalue weighted by atomic mass is 9.60. The SMILES string of the molecule is CN=C1CC[C@@H]2[C@]1(C)CC=C1C=C3[C@@H](O)[C@H](O)[C@@H](N(C)C)C[C@]34CC[C@@]12O4. The maximum absolute atomic E-state index is 10.9. The molecule has 7 atom stereocenters. The minimum atomic E-state index is -0.854. The van der Waals surface area contributed by atoms with Gasteiger partial charge >= 0.3 is 0 Å². The fourth-order valence-corrected chi connectivity index (χ4v) is 7.09. The van der Waals surface area contributed by atoms with Crippen LogP contribution in [0.15, 0.2) is 28.3 Å². The second-order valence-corrected chi connectivity index (χ2v) is 9.80. The summed E-state index contributed by atoms with van der Waals surface area (Å²) in [6.07, 6.45) is 8.74. The quantitative estimate of drug-likeness (QED) is 0.740. The molecule has 0 aromatic carbocycles. The average molecular weight is 373 g/mol. The number of aliphatic imine (C=N–C) groups is 1. The first kappa shape index (κ1) is 18.0. The van der Waals surface area contributed by atoms with Crippen LogP contribution in [0.25, 0.3) is 0 Å². The normalized spacial score (nSPS) is 52.3. The number of aliphatic hydroxyl groups is 2. The number of hydrogen-bond donors (Lipinski definition) is 2. The number of nitrogens with zero attached hydrogens (tertiary/aromatic N) is 2. The molecule has 0 amide bonds. The molecule has 2 heterocycles. The van der Waals surface area contributed by atoms with Crippen molar-refractivity contribution in [1.29, 1.82) is 0 Å². The van der Waals surface area contributed by atoms with Crippen LogP contribution in [-0.4, -0.2) is 71.4 Å². The van der Waals surface area contributed by atoms with E-state index in [-0.39, 0.29) is 17.1 Å². The number of allylic oxidation sites excluding steroid dienone is 1. The standard InChI is InChI=1S/C22H32N2O3/c1-20-8-7-13-11-14-18(25)19(26)15(24(3)4)12-21(14)9-10-22(13,27-21)16(20)5-6-17(20)23-2/h7,11,15-16,18-19,25-26H,5-6,8-10,12H2,1-4H3/t15-,16+,18+,19+,20-,21+,22+/m0/s1. The number of rotatable bonds is 1. The van der Waals surface area contributed by atoms with Crippen molar-refractivity contribution in [1.82, 2.24) is 4.90 Å². The molecule has 5 rings (SSSR count). The first-order chi connectivity index (χ1) is 12.8.